The topological polar surface area (TPSA) is 88.6 Å². The number of nitrogens with one attached hydrogen (secondary N) is 2. The monoisotopic (exact) mass is 527 g/mol. The van der Waals surface area contributed by atoms with Gasteiger partial charge in [-0.05, 0) is 43.2 Å². The molecule has 0 spiro atoms. The molecule has 1 amide bonds. The van der Waals surface area contributed by atoms with Gasteiger partial charge in [0.15, 0.2) is 0 Å². The summed E-state index contributed by atoms with van der Waals surface area (Å²) >= 11 is 13.0. The van der Waals surface area contributed by atoms with Gasteiger partial charge in [-0.25, -0.2) is 9.97 Å². The molecule has 0 radical (unpaired) electrons. The number of carbonyl (C=O) groups excluding carboxylic acids is 1. The molecule has 6 bridgehead atoms. The van der Waals surface area contributed by atoms with Gasteiger partial charge in [-0.15, -0.1) is 0 Å². The van der Waals surface area contributed by atoms with Crippen LogP contribution >= 0.6 is 23.2 Å². The number of aromatic nitrogens is 2. The average Bonchev–Trinajstić information content (AvgIpc) is 2.89. The van der Waals surface area contributed by atoms with E-state index in [0.29, 0.717) is 65.8 Å². The zero-order valence-electron chi connectivity index (χ0n) is 19.7. The van der Waals surface area contributed by atoms with Crippen molar-refractivity contribution in [3.05, 3.63) is 63.8 Å². The number of rotatable bonds is 1. The smallest absolute Gasteiger partial charge is 0.251 e. The summed E-state index contributed by atoms with van der Waals surface area (Å²) in [5.41, 5.74) is 4.63. The molecule has 3 aliphatic rings. The van der Waals surface area contributed by atoms with Gasteiger partial charge in [-0.1, -0.05) is 29.3 Å². The fourth-order valence-electron chi connectivity index (χ4n) is 4.30. The molecule has 8 nitrogen and oxygen atoms in total. The first-order valence-electron chi connectivity index (χ1n) is 12.0. The fraction of sp³-hybridized carbons (Fsp3) is 0.346. The number of amides is 1. The number of hydrogen-bond donors (Lipinski definition) is 2. The lowest BCUT2D eigenvalue weighted by atomic mass is 10.1. The van der Waals surface area contributed by atoms with Crippen LogP contribution in [-0.2, 0) is 16.1 Å². The quantitative estimate of drug-likeness (QED) is 0.456. The van der Waals surface area contributed by atoms with Crippen LogP contribution in [0.15, 0.2) is 42.6 Å². The molecule has 1 fully saturated rings. The van der Waals surface area contributed by atoms with Crippen molar-refractivity contribution < 1.29 is 14.3 Å². The number of halogens is 2. The third-order valence-electron chi connectivity index (χ3n) is 6.18. The first kappa shape index (κ1) is 24.8. The van der Waals surface area contributed by atoms with Crippen molar-refractivity contribution in [2.24, 2.45) is 0 Å². The van der Waals surface area contributed by atoms with Crippen LogP contribution in [0.25, 0.3) is 11.3 Å². The second kappa shape index (κ2) is 11.4. The molecular weight excluding hydrogens is 501 g/mol. The predicted octanol–water partition coefficient (Wildman–Crippen LogP) is 5.07. The van der Waals surface area contributed by atoms with E-state index < -0.39 is 0 Å². The molecule has 2 aromatic carbocycles. The Labute approximate surface area is 219 Å². The van der Waals surface area contributed by atoms with Crippen LogP contribution in [0, 0.1) is 0 Å². The molecule has 0 aliphatic carbocycles. The lowest BCUT2D eigenvalue weighted by molar-refractivity contribution is 0.0946. The lowest BCUT2D eigenvalue weighted by Gasteiger charge is -2.31. The Hall–Kier alpha value is -2.91. The summed E-state index contributed by atoms with van der Waals surface area (Å²) in [5, 5.41) is 6.98. The van der Waals surface area contributed by atoms with Crippen molar-refractivity contribution >= 4 is 46.4 Å². The molecule has 36 heavy (non-hydrogen) atoms. The lowest BCUT2D eigenvalue weighted by Crippen LogP contribution is -2.36. The third-order valence-corrected chi connectivity index (χ3v) is 6.77. The highest BCUT2D eigenvalue weighted by atomic mass is 35.5. The molecule has 6 rings (SSSR count). The van der Waals surface area contributed by atoms with Gasteiger partial charge in [-0.3, -0.25) is 4.79 Å². The van der Waals surface area contributed by atoms with Crippen molar-refractivity contribution in [3.63, 3.8) is 0 Å². The Morgan fingerprint density at radius 3 is 2.64 bits per heavy atom. The van der Waals surface area contributed by atoms with Crippen molar-refractivity contribution in [1.29, 1.82) is 0 Å². The van der Waals surface area contributed by atoms with Crippen LogP contribution in [0.5, 0.6) is 0 Å². The minimum absolute atomic E-state index is 0.176. The van der Waals surface area contributed by atoms with E-state index in [1.165, 1.54) is 6.20 Å². The van der Waals surface area contributed by atoms with Crippen LogP contribution in [0.2, 0.25) is 10.0 Å². The second-order valence-electron chi connectivity index (χ2n) is 8.67. The number of fused-ring (bicyclic) bond motifs is 9. The van der Waals surface area contributed by atoms with Gasteiger partial charge >= 0.3 is 0 Å². The summed E-state index contributed by atoms with van der Waals surface area (Å²) in [6, 6.07) is 11.3. The Morgan fingerprint density at radius 1 is 0.944 bits per heavy atom. The largest absolute Gasteiger partial charge is 0.378 e. The van der Waals surface area contributed by atoms with E-state index in [1.54, 1.807) is 18.2 Å². The number of hydrogen-bond acceptors (Lipinski definition) is 7. The van der Waals surface area contributed by atoms with Gasteiger partial charge in [0.1, 0.15) is 0 Å². The Balaban J connectivity index is 1.50. The number of nitrogens with zero attached hydrogens (tertiary/aromatic N) is 3. The van der Waals surface area contributed by atoms with E-state index in [9.17, 15) is 4.79 Å². The molecule has 0 saturated carbocycles. The van der Waals surface area contributed by atoms with E-state index >= 15 is 0 Å². The van der Waals surface area contributed by atoms with Crippen LogP contribution in [-0.4, -0.2) is 55.3 Å². The van der Waals surface area contributed by atoms with Crippen molar-refractivity contribution in [3.8, 4) is 11.3 Å². The summed E-state index contributed by atoms with van der Waals surface area (Å²) in [7, 11) is 0. The van der Waals surface area contributed by atoms with Gasteiger partial charge in [0, 0.05) is 54.3 Å². The molecule has 4 heterocycles. The zero-order valence-corrected chi connectivity index (χ0v) is 21.2. The summed E-state index contributed by atoms with van der Waals surface area (Å²) in [5.74, 6) is 0.209. The maximum Gasteiger partial charge on any atom is 0.251 e. The fourth-order valence-corrected chi connectivity index (χ4v) is 4.76. The van der Waals surface area contributed by atoms with Gasteiger partial charge < -0.3 is 25.0 Å². The van der Waals surface area contributed by atoms with Crippen LogP contribution in [0.4, 0.5) is 17.3 Å². The minimum atomic E-state index is -0.176. The number of benzene rings is 2. The van der Waals surface area contributed by atoms with Gasteiger partial charge in [-0.2, -0.15) is 0 Å². The van der Waals surface area contributed by atoms with E-state index in [-0.39, 0.29) is 5.91 Å². The molecule has 3 aromatic rings. The summed E-state index contributed by atoms with van der Waals surface area (Å²) in [4.78, 5) is 23.9. The first-order valence-corrected chi connectivity index (χ1v) is 12.7. The summed E-state index contributed by atoms with van der Waals surface area (Å²) in [6.07, 6.45) is 3.19. The minimum Gasteiger partial charge on any atom is -0.378 e. The molecule has 3 aliphatic heterocycles. The highest BCUT2D eigenvalue weighted by Crippen LogP contribution is 2.34. The normalized spacial score (nSPS) is 16.9. The predicted molar refractivity (Wildman–Crippen MR) is 141 cm³/mol. The molecule has 188 valence electrons. The number of ether oxygens (including phenoxy) is 2. The Morgan fingerprint density at radius 2 is 1.81 bits per heavy atom. The van der Waals surface area contributed by atoms with Crippen LogP contribution in [0.3, 0.4) is 0 Å². The first-order chi connectivity index (χ1) is 17.6. The maximum atomic E-state index is 12.6. The maximum absolute atomic E-state index is 12.6. The number of morpholine rings is 1. The number of anilines is 3. The summed E-state index contributed by atoms with van der Waals surface area (Å²) < 4.78 is 11.6. The zero-order chi connectivity index (χ0) is 24.9. The average molecular weight is 528 g/mol. The molecule has 1 aromatic heterocycles. The van der Waals surface area contributed by atoms with Crippen molar-refractivity contribution in [2.45, 2.75) is 19.4 Å². The Kier molecular flexibility index (Phi) is 7.87. The highest BCUT2D eigenvalue weighted by molar-refractivity contribution is 6.36. The SMILES string of the molecule is O=C1NCCCCOCc2cc(ccc2N2CCOCC2)Nc2ncc(Cl)c(n2)-c2ccc1cc2Cl. The summed E-state index contributed by atoms with van der Waals surface area (Å²) in [6.45, 7) is 4.71. The van der Waals surface area contributed by atoms with E-state index in [4.69, 9.17) is 32.7 Å². The van der Waals surface area contributed by atoms with Gasteiger partial charge in [0.2, 0.25) is 5.95 Å². The molecule has 10 heteroatoms. The second-order valence-corrected chi connectivity index (χ2v) is 9.48. The van der Waals surface area contributed by atoms with Crippen LogP contribution < -0.4 is 15.5 Å². The van der Waals surface area contributed by atoms with E-state index in [0.717, 1.165) is 42.9 Å². The van der Waals surface area contributed by atoms with Gasteiger partial charge in [0.25, 0.3) is 5.91 Å². The van der Waals surface area contributed by atoms with E-state index in [2.05, 4.69) is 37.6 Å². The third kappa shape index (κ3) is 5.73. The molecular formula is C26H27Cl2N5O3. The molecule has 2 N–H and O–H groups in total. The van der Waals surface area contributed by atoms with Crippen molar-refractivity contribution in [1.82, 2.24) is 15.3 Å². The molecule has 0 unspecified atom stereocenters. The molecule has 0 atom stereocenters. The van der Waals surface area contributed by atoms with Gasteiger partial charge in [0.05, 0.1) is 41.8 Å². The number of carbonyl (C=O) groups is 1. The molecule has 1 saturated heterocycles. The Bertz CT molecular complexity index is 1250. The van der Waals surface area contributed by atoms with Crippen molar-refractivity contribution in [2.75, 3.05) is 49.7 Å². The van der Waals surface area contributed by atoms with Crippen LogP contribution in [0.1, 0.15) is 28.8 Å². The van der Waals surface area contributed by atoms with E-state index in [1.807, 2.05) is 6.07 Å². The standard InChI is InChI=1S/C26H27Cl2N5O3/c27-21-14-17-3-5-20(21)24-22(28)15-30-26(32-24)31-19-4-6-23(33-8-11-35-12-9-33)18(13-19)16-36-10-2-1-7-29-25(17)34/h3-6,13-15H,1-2,7-12,16H2,(H,29,34)(H,30,31,32). The highest BCUT2D eigenvalue weighted by Gasteiger charge is 2.18.